The van der Waals surface area contributed by atoms with E-state index in [1.54, 1.807) is 0 Å². The molecule has 5 atom stereocenters. The van der Waals surface area contributed by atoms with Crippen molar-refractivity contribution >= 4 is 11.9 Å². The second-order valence-electron chi connectivity index (χ2n) is 6.74. The molecule has 1 fully saturated rings. The largest absolute Gasteiger partial charge is 0.394 e. The van der Waals surface area contributed by atoms with Crippen LogP contribution in [0, 0.1) is 5.41 Å². The fourth-order valence-electron chi connectivity index (χ4n) is 3.14. The van der Waals surface area contributed by atoms with E-state index in [4.69, 9.17) is 15.9 Å². The molecule has 0 aromatic heterocycles. The molecule has 0 aliphatic carbocycles. The topological polar surface area (TPSA) is 161 Å². The van der Waals surface area contributed by atoms with E-state index < -0.39 is 30.5 Å². The number of guanidine groups is 1. The highest BCUT2D eigenvalue weighted by atomic mass is 16.5. The van der Waals surface area contributed by atoms with Crippen LogP contribution >= 0.6 is 0 Å². The quantitative estimate of drug-likeness (QED) is 0.141. The van der Waals surface area contributed by atoms with Crippen molar-refractivity contribution in [2.75, 3.05) is 13.2 Å². The van der Waals surface area contributed by atoms with Crippen LogP contribution in [-0.4, -0.2) is 70.8 Å². The van der Waals surface area contributed by atoms with E-state index in [2.05, 4.69) is 10.6 Å². The fraction of sp³-hybridized carbons (Fsp3) is 0.882. The van der Waals surface area contributed by atoms with Gasteiger partial charge in [-0.15, -0.1) is 0 Å². The summed E-state index contributed by atoms with van der Waals surface area (Å²) in [6, 6.07) is -0.678. The van der Waals surface area contributed by atoms with Crippen LogP contribution in [0.2, 0.25) is 0 Å². The van der Waals surface area contributed by atoms with Gasteiger partial charge in [0.2, 0.25) is 5.91 Å². The average Bonchev–Trinajstić information content (AvgIpc) is 2.61. The van der Waals surface area contributed by atoms with Crippen molar-refractivity contribution in [2.24, 2.45) is 5.73 Å². The smallest absolute Gasteiger partial charge is 0.220 e. The summed E-state index contributed by atoms with van der Waals surface area (Å²) in [6.07, 6.45) is 1.84. The first-order valence-corrected chi connectivity index (χ1v) is 9.40. The summed E-state index contributed by atoms with van der Waals surface area (Å²) in [4.78, 5) is 12.1. The molecule has 0 aromatic carbocycles. The first-order chi connectivity index (χ1) is 12.4. The summed E-state index contributed by atoms with van der Waals surface area (Å²) in [5, 5.41) is 42.0. The zero-order valence-electron chi connectivity index (χ0n) is 15.5. The van der Waals surface area contributed by atoms with Gasteiger partial charge in [0.25, 0.3) is 0 Å². The van der Waals surface area contributed by atoms with E-state index in [9.17, 15) is 20.1 Å². The highest BCUT2D eigenvalue weighted by Gasteiger charge is 2.43. The van der Waals surface area contributed by atoms with Gasteiger partial charge in [0.05, 0.1) is 18.8 Å². The van der Waals surface area contributed by atoms with Gasteiger partial charge in [0.1, 0.15) is 18.3 Å². The standard InChI is InChI=1S/C17H34N4O5/c1-2-11-14(16(25)15(24)12(10-22)26-11)21-13(23)8-6-4-3-5-7-9-20-17(18)19/h11-12,14-16,22,24-25H,2-10H2,1H3,(H,21,23)(H4,18,19,20)/t11-,12?,14?,15+,16?/m0/s1. The predicted octanol–water partition coefficient (Wildman–Crippen LogP) is -0.814. The van der Waals surface area contributed by atoms with Gasteiger partial charge in [-0.05, 0) is 19.3 Å². The van der Waals surface area contributed by atoms with Crippen LogP contribution in [-0.2, 0) is 9.53 Å². The summed E-state index contributed by atoms with van der Waals surface area (Å²) in [7, 11) is 0. The van der Waals surface area contributed by atoms with Crippen LogP contribution in [0.25, 0.3) is 0 Å². The number of nitrogens with one attached hydrogen (secondary N) is 3. The maximum Gasteiger partial charge on any atom is 0.220 e. The lowest BCUT2D eigenvalue weighted by molar-refractivity contribution is -0.195. The van der Waals surface area contributed by atoms with Crippen molar-refractivity contribution in [2.45, 2.75) is 82.3 Å². The van der Waals surface area contributed by atoms with Crippen LogP contribution < -0.4 is 16.4 Å². The molecule has 26 heavy (non-hydrogen) atoms. The third-order valence-electron chi connectivity index (χ3n) is 4.65. The molecule has 152 valence electrons. The third-order valence-corrected chi connectivity index (χ3v) is 4.65. The maximum absolute atomic E-state index is 12.1. The zero-order valence-corrected chi connectivity index (χ0v) is 15.5. The Balaban J connectivity index is 2.25. The maximum atomic E-state index is 12.1. The van der Waals surface area contributed by atoms with E-state index in [1.807, 2.05) is 6.92 Å². The molecule has 9 heteroatoms. The Kier molecular flexibility index (Phi) is 10.5. The number of ether oxygens (including phenoxy) is 1. The molecule has 1 amide bonds. The average molecular weight is 374 g/mol. The number of hydrogen-bond acceptors (Lipinski definition) is 6. The first kappa shape index (κ1) is 22.6. The van der Waals surface area contributed by atoms with Gasteiger partial charge in [-0.25, -0.2) is 0 Å². The lowest BCUT2D eigenvalue weighted by Crippen LogP contribution is -2.64. The summed E-state index contributed by atoms with van der Waals surface area (Å²) in [5.41, 5.74) is 5.19. The van der Waals surface area contributed by atoms with Crippen molar-refractivity contribution in [3.8, 4) is 0 Å². The molecule has 0 spiro atoms. The van der Waals surface area contributed by atoms with Crippen LogP contribution in [0.15, 0.2) is 0 Å². The molecule has 1 aliphatic rings. The summed E-state index contributed by atoms with van der Waals surface area (Å²) in [6.45, 7) is 2.17. The molecule has 1 saturated heterocycles. The Morgan fingerprint density at radius 2 is 1.77 bits per heavy atom. The van der Waals surface area contributed by atoms with Crippen molar-refractivity contribution < 1.29 is 24.9 Å². The van der Waals surface area contributed by atoms with Gasteiger partial charge in [-0.1, -0.05) is 26.2 Å². The van der Waals surface area contributed by atoms with Crippen molar-refractivity contribution in [3.05, 3.63) is 0 Å². The predicted molar refractivity (Wildman–Crippen MR) is 97.6 cm³/mol. The van der Waals surface area contributed by atoms with E-state index >= 15 is 0 Å². The Bertz CT molecular complexity index is 435. The molecular weight excluding hydrogens is 340 g/mol. The van der Waals surface area contributed by atoms with Crippen molar-refractivity contribution in [1.82, 2.24) is 10.6 Å². The summed E-state index contributed by atoms with van der Waals surface area (Å²) < 4.78 is 5.57. The molecule has 1 rings (SSSR count). The van der Waals surface area contributed by atoms with Gasteiger partial charge in [-0.2, -0.15) is 0 Å². The van der Waals surface area contributed by atoms with Crippen LogP contribution in [0.5, 0.6) is 0 Å². The molecule has 1 heterocycles. The van der Waals surface area contributed by atoms with Crippen LogP contribution in [0.1, 0.15) is 51.9 Å². The Labute approximate surface area is 154 Å². The van der Waals surface area contributed by atoms with E-state index in [-0.39, 0.29) is 18.5 Å². The minimum Gasteiger partial charge on any atom is -0.394 e. The van der Waals surface area contributed by atoms with Gasteiger partial charge in [-0.3, -0.25) is 10.2 Å². The Hall–Kier alpha value is -1.42. The SMILES string of the molecule is CC[C@@H]1OC(CO)[C@@H](O)C(O)C1NC(=O)CCCCCCCNC(=N)N. The number of hydrogen-bond donors (Lipinski definition) is 7. The number of carbonyl (C=O) groups is 1. The van der Waals surface area contributed by atoms with Gasteiger partial charge in [0.15, 0.2) is 5.96 Å². The van der Waals surface area contributed by atoms with Crippen molar-refractivity contribution in [1.29, 1.82) is 5.41 Å². The molecular formula is C17H34N4O5. The van der Waals surface area contributed by atoms with Gasteiger partial charge in [0, 0.05) is 13.0 Å². The second kappa shape index (κ2) is 12.1. The molecule has 8 N–H and O–H groups in total. The number of carbonyl (C=O) groups excluding carboxylic acids is 1. The van der Waals surface area contributed by atoms with Crippen molar-refractivity contribution in [3.63, 3.8) is 0 Å². The van der Waals surface area contributed by atoms with E-state index in [0.717, 1.165) is 32.1 Å². The Morgan fingerprint density at radius 3 is 2.38 bits per heavy atom. The van der Waals surface area contributed by atoms with Crippen LogP contribution in [0.4, 0.5) is 0 Å². The number of amides is 1. The molecule has 9 nitrogen and oxygen atoms in total. The first-order valence-electron chi connectivity index (χ1n) is 9.40. The number of unbranched alkanes of at least 4 members (excludes halogenated alkanes) is 4. The number of nitrogens with two attached hydrogens (primary N) is 1. The number of aliphatic hydroxyl groups is 3. The molecule has 1 aliphatic heterocycles. The lowest BCUT2D eigenvalue weighted by atomic mass is 9.91. The highest BCUT2D eigenvalue weighted by molar-refractivity contribution is 5.76. The minimum absolute atomic E-state index is 0.0173. The van der Waals surface area contributed by atoms with Crippen LogP contribution in [0.3, 0.4) is 0 Å². The highest BCUT2D eigenvalue weighted by Crippen LogP contribution is 2.23. The number of aliphatic hydroxyl groups excluding tert-OH is 3. The summed E-state index contributed by atoms with van der Waals surface area (Å²) in [5.74, 6) is -0.194. The molecule has 0 bridgehead atoms. The fourth-order valence-corrected chi connectivity index (χ4v) is 3.14. The molecule has 0 aromatic rings. The second-order valence-corrected chi connectivity index (χ2v) is 6.74. The third kappa shape index (κ3) is 7.45. The minimum atomic E-state index is -1.23. The van der Waals surface area contributed by atoms with Gasteiger partial charge < -0.3 is 36.4 Å². The Morgan fingerprint density at radius 1 is 1.12 bits per heavy atom. The lowest BCUT2D eigenvalue weighted by Gasteiger charge is -2.42. The van der Waals surface area contributed by atoms with E-state index in [1.165, 1.54) is 0 Å². The normalized spacial score (nSPS) is 28.5. The molecule has 3 unspecified atom stereocenters. The molecule has 0 saturated carbocycles. The van der Waals surface area contributed by atoms with Gasteiger partial charge >= 0.3 is 0 Å². The summed E-state index contributed by atoms with van der Waals surface area (Å²) >= 11 is 0. The monoisotopic (exact) mass is 374 g/mol. The molecule has 0 radical (unpaired) electrons. The zero-order chi connectivity index (χ0) is 19.5. The van der Waals surface area contributed by atoms with E-state index in [0.29, 0.717) is 19.4 Å². The number of rotatable bonds is 11.